The second kappa shape index (κ2) is 6.19. The number of fused-ring (bicyclic) bond motifs is 2. The molecule has 1 aliphatic heterocycles. The third-order valence-electron chi connectivity index (χ3n) is 4.35. The highest BCUT2D eigenvalue weighted by Gasteiger charge is 2.37. The summed E-state index contributed by atoms with van der Waals surface area (Å²) in [5.74, 6) is -2.07. The number of hydrogen-bond donors (Lipinski definition) is 4. The molecule has 0 aliphatic carbocycles. The van der Waals surface area contributed by atoms with E-state index in [9.17, 15) is 19.7 Å². The van der Waals surface area contributed by atoms with Gasteiger partial charge in [-0.2, -0.15) is 0 Å². The van der Waals surface area contributed by atoms with Crippen molar-refractivity contribution in [3.8, 4) is 5.75 Å². The van der Waals surface area contributed by atoms with E-state index >= 15 is 0 Å². The Hall–Kier alpha value is -3.33. The Kier molecular flexibility index (Phi) is 3.85. The molecule has 1 aromatic heterocycles. The Morgan fingerprint density at radius 2 is 2.15 bits per heavy atom. The van der Waals surface area contributed by atoms with Gasteiger partial charge in [0, 0.05) is 5.56 Å². The number of nitrogens with one attached hydrogen (secondary N) is 2. The van der Waals surface area contributed by atoms with Gasteiger partial charge in [0.2, 0.25) is 0 Å². The van der Waals surface area contributed by atoms with Crippen molar-refractivity contribution in [1.29, 1.82) is 0 Å². The molecular formula is C17H14BN3O5. The molecule has 3 aromatic rings. The van der Waals surface area contributed by atoms with E-state index in [1.54, 1.807) is 36.7 Å². The van der Waals surface area contributed by atoms with Crippen LogP contribution in [0.1, 0.15) is 26.3 Å². The van der Waals surface area contributed by atoms with E-state index in [0.717, 1.165) is 11.0 Å². The average molecular weight is 351 g/mol. The molecule has 2 heterocycles. The first-order valence-electron chi connectivity index (χ1n) is 7.97. The number of amides is 1. The number of aromatic amines is 1. The predicted octanol–water partition coefficient (Wildman–Crippen LogP) is 1.01. The molecule has 0 saturated carbocycles. The fraction of sp³-hybridized carbons (Fsp3) is 0.118. The van der Waals surface area contributed by atoms with Crippen molar-refractivity contribution in [2.75, 3.05) is 0 Å². The largest absolute Gasteiger partial charge is 0.547 e. The number of nitrogens with zero attached hydrogens (tertiary/aromatic N) is 1. The second-order valence-corrected chi connectivity index (χ2v) is 6.03. The van der Waals surface area contributed by atoms with Gasteiger partial charge in [0.05, 0.1) is 28.9 Å². The summed E-state index contributed by atoms with van der Waals surface area (Å²) in [6.45, 7) is 0. The van der Waals surface area contributed by atoms with Gasteiger partial charge < -0.3 is 25.1 Å². The van der Waals surface area contributed by atoms with Crippen LogP contribution in [-0.4, -0.2) is 45.0 Å². The maximum absolute atomic E-state index is 12.5. The summed E-state index contributed by atoms with van der Waals surface area (Å²) >= 11 is 0. The lowest BCUT2D eigenvalue weighted by Crippen LogP contribution is -2.53. The molecule has 0 bridgehead atoms. The molecule has 1 aliphatic rings. The summed E-state index contributed by atoms with van der Waals surface area (Å²) in [6.07, 6.45) is 1.80. The number of benzene rings is 2. The monoisotopic (exact) mass is 351 g/mol. The molecule has 26 heavy (non-hydrogen) atoms. The minimum Gasteiger partial charge on any atom is -0.534 e. The van der Waals surface area contributed by atoms with E-state index in [4.69, 9.17) is 4.65 Å². The van der Waals surface area contributed by atoms with Gasteiger partial charge in [-0.05, 0) is 36.2 Å². The normalized spacial score (nSPS) is 16.0. The first-order valence-corrected chi connectivity index (χ1v) is 7.97. The minimum absolute atomic E-state index is 0.0176. The lowest BCUT2D eigenvalue weighted by Gasteiger charge is -2.28. The van der Waals surface area contributed by atoms with Crippen LogP contribution in [0.15, 0.2) is 42.7 Å². The van der Waals surface area contributed by atoms with Gasteiger partial charge in [-0.25, -0.2) is 9.78 Å². The number of carbonyl (C=O) groups excluding carboxylic acids is 1. The van der Waals surface area contributed by atoms with Crippen molar-refractivity contribution in [2.45, 2.75) is 12.4 Å². The number of carboxylic acid groups (broad SMARTS) is 1. The lowest BCUT2D eigenvalue weighted by molar-refractivity contribution is 0.0693. The SMILES string of the molecule is O=C(N[C@H]1Cc2cccc(C(=O)O)c2OB1O)c1ccc2nc[nH]c2c1. The predicted molar refractivity (Wildman–Crippen MR) is 93.1 cm³/mol. The van der Waals surface area contributed by atoms with E-state index in [1.165, 1.54) is 6.07 Å². The second-order valence-electron chi connectivity index (χ2n) is 6.03. The van der Waals surface area contributed by atoms with E-state index < -0.39 is 19.0 Å². The van der Waals surface area contributed by atoms with Gasteiger partial charge in [-0.15, -0.1) is 0 Å². The number of imidazole rings is 1. The van der Waals surface area contributed by atoms with Crippen LogP contribution < -0.4 is 9.97 Å². The number of H-pyrrole nitrogens is 1. The van der Waals surface area contributed by atoms with Crippen molar-refractivity contribution in [2.24, 2.45) is 0 Å². The highest BCUT2D eigenvalue weighted by atomic mass is 16.5. The topological polar surface area (TPSA) is 125 Å². The summed E-state index contributed by atoms with van der Waals surface area (Å²) in [5, 5.41) is 22.2. The van der Waals surface area contributed by atoms with Crippen LogP contribution in [0.3, 0.4) is 0 Å². The van der Waals surface area contributed by atoms with Crippen LogP contribution in [0.4, 0.5) is 0 Å². The first-order chi connectivity index (χ1) is 12.5. The summed E-state index contributed by atoms with van der Waals surface area (Å²) in [6, 6.07) is 9.77. The van der Waals surface area contributed by atoms with Crippen LogP contribution in [0, 0.1) is 0 Å². The summed E-state index contributed by atoms with van der Waals surface area (Å²) in [5.41, 5.74) is 2.49. The molecule has 1 amide bonds. The third-order valence-corrected chi connectivity index (χ3v) is 4.35. The molecule has 4 N–H and O–H groups in total. The van der Waals surface area contributed by atoms with Crippen molar-refractivity contribution in [1.82, 2.24) is 15.3 Å². The van der Waals surface area contributed by atoms with Gasteiger partial charge in [0.15, 0.2) is 0 Å². The van der Waals surface area contributed by atoms with Crippen LogP contribution >= 0.6 is 0 Å². The summed E-state index contributed by atoms with van der Waals surface area (Å²) in [7, 11) is -1.34. The van der Waals surface area contributed by atoms with Crippen LogP contribution in [-0.2, 0) is 6.42 Å². The van der Waals surface area contributed by atoms with Gasteiger partial charge in [0.25, 0.3) is 5.91 Å². The Morgan fingerprint density at radius 3 is 2.96 bits per heavy atom. The van der Waals surface area contributed by atoms with E-state index in [2.05, 4.69) is 15.3 Å². The van der Waals surface area contributed by atoms with E-state index in [0.29, 0.717) is 11.1 Å². The third kappa shape index (κ3) is 2.78. The van der Waals surface area contributed by atoms with Gasteiger partial charge in [-0.3, -0.25) is 4.79 Å². The highest BCUT2D eigenvalue weighted by Crippen LogP contribution is 2.30. The fourth-order valence-electron chi connectivity index (χ4n) is 3.04. The van der Waals surface area contributed by atoms with E-state index in [-0.39, 0.29) is 23.6 Å². The summed E-state index contributed by atoms with van der Waals surface area (Å²) in [4.78, 5) is 30.8. The Bertz CT molecular complexity index is 1020. The van der Waals surface area contributed by atoms with Crippen LogP contribution in [0.5, 0.6) is 5.75 Å². The number of carbonyl (C=O) groups is 2. The standard InChI is InChI=1S/C17H14BN3O5/c22-16(10-4-5-12-13(6-10)20-8-19-12)21-14-7-9-2-1-3-11(17(23)24)15(9)26-18(14)25/h1-6,8,14,25H,7H2,(H,19,20)(H,21,22)(H,23,24)/t14-/m0/s1. The molecule has 0 fully saturated rings. The quantitative estimate of drug-likeness (QED) is 0.522. The number of hydrogen-bond acceptors (Lipinski definition) is 5. The summed E-state index contributed by atoms with van der Waals surface area (Å²) < 4.78 is 5.38. The molecule has 130 valence electrons. The number of para-hydroxylation sites is 1. The molecular weight excluding hydrogens is 337 g/mol. The number of aromatic carboxylic acids is 1. The zero-order valence-electron chi connectivity index (χ0n) is 13.5. The zero-order chi connectivity index (χ0) is 18.3. The molecule has 2 aromatic carbocycles. The minimum atomic E-state index is -1.34. The Balaban J connectivity index is 1.56. The molecule has 0 unspecified atom stereocenters. The van der Waals surface area contributed by atoms with Crippen LogP contribution in [0.2, 0.25) is 0 Å². The molecule has 9 heteroatoms. The molecule has 0 saturated heterocycles. The number of rotatable bonds is 3. The van der Waals surface area contributed by atoms with Gasteiger partial charge in [-0.1, -0.05) is 12.1 Å². The smallest absolute Gasteiger partial charge is 0.534 e. The Labute approximate surface area is 148 Å². The highest BCUT2D eigenvalue weighted by molar-refractivity contribution is 6.47. The van der Waals surface area contributed by atoms with Crippen molar-refractivity contribution in [3.63, 3.8) is 0 Å². The van der Waals surface area contributed by atoms with Crippen LogP contribution in [0.25, 0.3) is 11.0 Å². The number of aromatic nitrogens is 2. The zero-order valence-corrected chi connectivity index (χ0v) is 13.5. The average Bonchev–Trinajstić information content (AvgIpc) is 3.09. The van der Waals surface area contributed by atoms with Crippen molar-refractivity contribution < 1.29 is 24.4 Å². The Morgan fingerprint density at radius 1 is 1.31 bits per heavy atom. The van der Waals surface area contributed by atoms with Crippen molar-refractivity contribution in [3.05, 3.63) is 59.4 Å². The van der Waals surface area contributed by atoms with Gasteiger partial charge in [0.1, 0.15) is 5.75 Å². The molecule has 0 spiro atoms. The fourth-order valence-corrected chi connectivity index (χ4v) is 3.04. The van der Waals surface area contributed by atoms with Gasteiger partial charge >= 0.3 is 13.1 Å². The molecule has 1 atom stereocenters. The molecule has 0 radical (unpaired) electrons. The van der Waals surface area contributed by atoms with E-state index in [1.807, 2.05) is 0 Å². The number of carboxylic acids is 1. The lowest BCUT2D eigenvalue weighted by atomic mass is 9.72. The maximum atomic E-state index is 12.5. The molecule has 4 rings (SSSR count). The first kappa shape index (κ1) is 16.2. The van der Waals surface area contributed by atoms with Crippen molar-refractivity contribution >= 4 is 30.0 Å². The maximum Gasteiger partial charge on any atom is 0.547 e. The molecule has 8 nitrogen and oxygen atoms in total.